The van der Waals surface area contributed by atoms with Crippen LogP contribution in [0.25, 0.3) is 0 Å². The van der Waals surface area contributed by atoms with Gasteiger partial charge in [-0.2, -0.15) is 0 Å². The Hall–Kier alpha value is -2.10. The van der Waals surface area contributed by atoms with E-state index in [9.17, 15) is 0 Å². The standard InChI is InChI=1S/C13H16N4/c1-9-5-6-15-7-11(9)8-16-13-4-3-12(14)10(2)17-13/h3-7H,8,14H2,1-2H3,(H,16,17). The molecule has 0 aliphatic heterocycles. The molecule has 4 nitrogen and oxygen atoms in total. The first-order chi connectivity index (χ1) is 8.16. The van der Waals surface area contributed by atoms with E-state index in [4.69, 9.17) is 5.73 Å². The molecule has 17 heavy (non-hydrogen) atoms. The Morgan fingerprint density at radius 3 is 2.76 bits per heavy atom. The lowest BCUT2D eigenvalue weighted by molar-refractivity contribution is 1.05. The van der Waals surface area contributed by atoms with Crippen LogP contribution in [0, 0.1) is 13.8 Å². The maximum atomic E-state index is 5.72. The zero-order valence-electron chi connectivity index (χ0n) is 10.1. The number of pyridine rings is 2. The molecule has 0 amide bonds. The maximum absolute atomic E-state index is 5.72. The highest BCUT2D eigenvalue weighted by atomic mass is 15.0. The first-order valence-corrected chi connectivity index (χ1v) is 5.53. The SMILES string of the molecule is Cc1ccncc1CNc1ccc(N)c(C)n1. The Morgan fingerprint density at radius 2 is 2.06 bits per heavy atom. The largest absolute Gasteiger partial charge is 0.397 e. The first-order valence-electron chi connectivity index (χ1n) is 5.53. The molecule has 0 bridgehead atoms. The molecule has 0 spiro atoms. The van der Waals surface area contributed by atoms with Crippen molar-refractivity contribution in [2.45, 2.75) is 20.4 Å². The van der Waals surface area contributed by atoms with Gasteiger partial charge < -0.3 is 11.1 Å². The summed E-state index contributed by atoms with van der Waals surface area (Å²) in [7, 11) is 0. The average molecular weight is 228 g/mol. The second-order valence-electron chi connectivity index (χ2n) is 4.03. The van der Waals surface area contributed by atoms with E-state index in [0.717, 1.165) is 18.1 Å². The zero-order valence-corrected chi connectivity index (χ0v) is 10.1. The van der Waals surface area contributed by atoms with E-state index >= 15 is 0 Å². The van der Waals surface area contributed by atoms with Crippen LogP contribution in [-0.2, 0) is 6.54 Å². The van der Waals surface area contributed by atoms with Gasteiger partial charge >= 0.3 is 0 Å². The third-order valence-electron chi connectivity index (χ3n) is 2.73. The lowest BCUT2D eigenvalue weighted by Gasteiger charge is -2.09. The van der Waals surface area contributed by atoms with Crippen molar-refractivity contribution in [1.29, 1.82) is 0 Å². The second kappa shape index (κ2) is 4.82. The van der Waals surface area contributed by atoms with Crippen molar-refractivity contribution in [3.63, 3.8) is 0 Å². The van der Waals surface area contributed by atoms with Crippen LogP contribution in [0.4, 0.5) is 11.5 Å². The van der Waals surface area contributed by atoms with Crippen LogP contribution in [0.1, 0.15) is 16.8 Å². The molecular formula is C13H16N4. The lowest BCUT2D eigenvalue weighted by atomic mass is 10.1. The number of rotatable bonds is 3. The summed E-state index contributed by atoms with van der Waals surface area (Å²) in [4.78, 5) is 8.47. The minimum absolute atomic E-state index is 0.716. The molecule has 0 saturated carbocycles. The quantitative estimate of drug-likeness (QED) is 0.846. The third-order valence-corrected chi connectivity index (χ3v) is 2.73. The number of hydrogen-bond donors (Lipinski definition) is 2. The molecular weight excluding hydrogens is 212 g/mol. The summed E-state index contributed by atoms with van der Waals surface area (Å²) in [5.41, 5.74) is 9.67. The van der Waals surface area contributed by atoms with Gasteiger partial charge in [0.15, 0.2) is 0 Å². The van der Waals surface area contributed by atoms with Crippen LogP contribution >= 0.6 is 0 Å². The van der Waals surface area contributed by atoms with Gasteiger partial charge in [0.2, 0.25) is 0 Å². The lowest BCUT2D eigenvalue weighted by Crippen LogP contribution is -2.04. The Morgan fingerprint density at radius 1 is 1.24 bits per heavy atom. The minimum Gasteiger partial charge on any atom is -0.397 e. The van der Waals surface area contributed by atoms with Gasteiger partial charge in [-0.05, 0) is 43.2 Å². The minimum atomic E-state index is 0.716. The molecule has 88 valence electrons. The highest BCUT2D eigenvalue weighted by molar-refractivity contribution is 5.49. The number of hydrogen-bond acceptors (Lipinski definition) is 4. The summed E-state index contributed by atoms with van der Waals surface area (Å²) in [5.74, 6) is 0.833. The molecule has 0 fully saturated rings. The van der Waals surface area contributed by atoms with Crippen molar-refractivity contribution < 1.29 is 0 Å². The Balaban J connectivity index is 2.08. The summed E-state index contributed by atoms with van der Waals surface area (Å²) in [6, 6.07) is 5.74. The normalized spacial score (nSPS) is 10.2. The van der Waals surface area contributed by atoms with Crippen LogP contribution in [0.2, 0.25) is 0 Å². The van der Waals surface area contributed by atoms with E-state index in [2.05, 4.69) is 22.2 Å². The predicted molar refractivity (Wildman–Crippen MR) is 69.7 cm³/mol. The van der Waals surface area contributed by atoms with Crippen molar-refractivity contribution in [1.82, 2.24) is 9.97 Å². The van der Waals surface area contributed by atoms with E-state index in [-0.39, 0.29) is 0 Å². The highest BCUT2D eigenvalue weighted by Gasteiger charge is 2.00. The van der Waals surface area contributed by atoms with Crippen molar-refractivity contribution >= 4 is 11.5 Å². The second-order valence-corrected chi connectivity index (χ2v) is 4.03. The molecule has 3 N–H and O–H groups in total. The fourth-order valence-electron chi connectivity index (χ4n) is 1.54. The number of nitrogens with one attached hydrogen (secondary N) is 1. The van der Waals surface area contributed by atoms with Crippen LogP contribution in [0.5, 0.6) is 0 Å². The van der Waals surface area contributed by atoms with Crippen molar-refractivity contribution in [3.8, 4) is 0 Å². The van der Waals surface area contributed by atoms with Gasteiger partial charge in [0.25, 0.3) is 0 Å². The summed E-state index contributed by atoms with van der Waals surface area (Å²) < 4.78 is 0. The van der Waals surface area contributed by atoms with Crippen molar-refractivity contribution in [2.75, 3.05) is 11.1 Å². The maximum Gasteiger partial charge on any atom is 0.126 e. The molecule has 0 aromatic carbocycles. The van der Waals surface area contributed by atoms with Crippen LogP contribution in [-0.4, -0.2) is 9.97 Å². The summed E-state index contributed by atoms with van der Waals surface area (Å²) in [6.45, 7) is 4.69. The van der Waals surface area contributed by atoms with Crippen LogP contribution in [0.3, 0.4) is 0 Å². The molecule has 2 aromatic heterocycles. The monoisotopic (exact) mass is 228 g/mol. The van der Waals surface area contributed by atoms with Crippen LogP contribution in [0.15, 0.2) is 30.6 Å². The van der Waals surface area contributed by atoms with E-state index in [1.807, 2.05) is 31.3 Å². The molecule has 2 rings (SSSR count). The fraction of sp³-hybridized carbons (Fsp3) is 0.231. The number of nitrogens with zero attached hydrogens (tertiary/aromatic N) is 2. The molecule has 0 atom stereocenters. The summed E-state index contributed by atoms with van der Waals surface area (Å²) in [6.07, 6.45) is 3.66. The van der Waals surface area contributed by atoms with Gasteiger partial charge in [-0.15, -0.1) is 0 Å². The molecule has 2 heterocycles. The van der Waals surface area contributed by atoms with Gasteiger partial charge in [0.1, 0.15) is 5.82 Å². The number of anilines is 2. The van der Waals surface area contributed by atoms with E-state index in [1.54, 1.807) is 6.20 Å². The molecule has 0 radical (unpaired) electrons. The molecule has 0 saturated heterocycles. The molecule has 0 aliphatic carbocycles. The predicted octanol–water partition coefficient (Wildman–Crippen LogP) is 2.29. The van der Waals surface area contributed by atoms with Crippen LogP contribution < -0.4 is 11.1 Å². The van der Waals surface area contributed by atoms with Crippen molar-refractivity contribution in [2.24, 2.45) is 0 Å². The topological polar surface area (TPSA) is 63.8 Å². The van der Waals surface area contributed by atoms with Crippen molar-refractivity contribution in [3.05, 3.63) is 47.4 Å². The van der Waals surface area contributed by atoms with E-state index < -0.39 is 0 Å². The number of aryl methyl sites for hydroxylation is 2. The van der Waals surface area contributed by atoms with Gasteiger partial charge in [0, 0.05) is 18.9 Å². The van der Waals surface area contributed by atoms with Gasteiger partial charge in [-0.25, -0.2) is 4.98 Å². The van der Waals surface area contributed by atoms with E-state index in [0.29, 0.717) is 5.69 Å². The van der Waals surface area contributed by atoms with Gasteiger partial charge in [-0.1, -0.05) is 0 Å². The highest BCUT2D eigenvalue weighted by Crippen LogP contribution is 2.13. The van der Waals surface area contributed by atoms with E-state index in [1.165, 1.54) is 11.1 Å². The smallest absolute Gasteiger partial charge is 0.126 e. The fourth-order valence-corrected chi connectivity index (χ4v) is 1.54. The number of nitrogen functional groups attached to an aromatic ring is 1. The summed E-state index contributed by atoms with van der Waals surface area (Å²) in [5, 5.41) is 3.26. The zero-order chi connectivity index (χ0) is 12.3. The Labute approximate surface area is 101 Å². The first kappa shape index (κ1) is 11.4. The number of nitrogens with two attached hydrogens (primary N) is 1. The summed E-state index contributed by atoms with van der Waals surface area (Å²) >= 11 is 0. The Kier molecular flexibility index (Phi) is 3.23. The average Bonchev–Trinajstić information content (AvgIpc) is 2.32. The number of aromatic nitrogens is 2. The van der Waals surface area contributed by atoms with Gasteiger partial charge in [-0.3, -0.25) is 4.98 Å². The molecule has 4 heteroatoms. The molecule has 0 aliphatic rings. The molecule has 0 unspecified atom stereocenters. The van der Waals surface area contributed by atoms with Gasteiger partial charge in [0.05, 0.1) is 11.4 Å². The third kappa shape index (κ3) is 2.72. The molecule has 2 aromatic rings. The Bertz CT molecular complexity index is 523.